The lowest BCUT2D eigenvalue weighted by Crippen LogP contribution is -2.37. The molecule has 0 spiro atoms. The zero-order valence-electron chi connectivity index (χ0n) is 13.1. The SMILES string of the molecule is CN1[C@@H]2CCCC[C@H]2N(C)P1O[C@@H](C(=O)O)c1ccccc1. The van der Waals surface area contributed by atoms with Crippen molar-refractivity contribution in [1.82, 2.24) is 9.34 Å². The largest absolute Gasteiger partial charge is 0.479 e. The van der Waals surface area contributed by atoms with Gasteiger partial charge in [0.25, 0.3) is 0 Å². The number of carboxylic acids is 1. The molecule has 1 heterocycles. The molecule has 1 aromatic carbocycles. The number of likely N-dealkylation sites (N-methyl/N-ethyl adjacent to an activating group) is 2. The number of nitrogens with zero attached hydrogens (tertiary/aromatic N) is 2. The molecule has 120 valence electrons. The van der Waals surface area contributed by atoms with E-state index in [1.807, 2.05) is 30.3 Å². The van der Waals surface area contributed by atoms with E-state index in [4.69, 9.17) is 4.52 Å². The Morgan fingerprint density at radius 2 is 1.73 bits per heavy atom. The first-order valence-electron chi connectivity index (χ1n) is 7.79. The van der Waals surface area contributed by atoms with E-state index in [2.05, 4.69) is 23.4 Å². The molecule has 1 N–H and O–H groups in total. The molecule has 2 aliphatic rings. The van der Waals surface area contributed by atoms with Gasteiger partial charge in [0.05, 0.1) is 0 Å². The molecule has 5 nitrogen and oxygen atoms in total. The fourth-order valence-corrected chi connectivity index (χ4v) is 5.75. The highest BCUT2D eigenvalue weighted by Gasteiger charge is 2.47. The van der Waals surface area contributed by atoms with E-state index in [0.717, 1.165) is 0 Å². The number of benzene rings is 1. The third-order valence-electron chi connectivity index (χ3n) is 4.72. The zero-order valence-corrected chi connectivity index (χ0v) is 13.9. The number of aliphatic carboxylic acids is 1. The highest BCUT2D eigenvalue weighted by molar-refractivity contribution is 7.47. The maximum absolute atomic E-state index is 11.7. The fraction of sp³-hybridized carbons (Fsp3) is 0.562. The Bertz CT molecular complexity index is 509. The number of hydrogen-bond donors (Lipinski definition) is 1. The summed E-state index contributed by atoms with van der Waals surface area (Å²) in [6, 6.07) is 10.2. The predicted octanol–water partition coefficient (Wildman–Crippen LogP) is 3.24. The van der Waals surface area contributed by atoms with Crippen molar-refractivity contribution in [2.75, 3.05) is 14.1 Å². The van der Waals surface area contributed by atoms with E-state index in [1.54, 1.807) is 0 Å². The summed E-state index contributed by atoms with van der Waals surface area (Å²) in [6.07, 6.45) is 3.96. The zero-order chi connectivity index (χ0) is 15.7. The summed E-state index contributed by atoms with van der Waals surface area (Å²) in [7, 11) is 3.12. The summed E-state index contributed by atoms with van der Waals surface area (Å²) in [6.45, 7) is 0. The topological polar surface area (TPSA) is 53.0 Å². The van der Waals surface area contributed by atoms with E-state index in [-0.39, 0.29) is 0 Å². The van der Waals surface area contributed by atoms with Crippen LogP contribution < -0.4 is 0 Å². The van der Waals surface area contributed by atoms with Crippen LogP contribution in [0.5, 0.6) is 0 Å². The standard InChI is InChI=1S/C16H23N2O3P/c1-17-13-10-6-7-11-14(13)18(2)22(17)21-15(16(19)20)12-8-4-3-5-9-12/h3-5,8-9,13-15H,6-7,10-11H2,1-2H3,(H,19,20)/t13-,14-,15-/m1/s1. The molecule has 2 fully saturated rings. The molecular weight excluding hydrogens is 299 g/mol. The van der Waals surface area contributed by atoms with Gasteiger partial charge in [-0.1, -0.05) is 43.2 Å². The van der Waals surface area contributed by atoms with Crippen molar-refractivity contribution in [2.45, 2.75) is 43.9 Å². The smallest absolute Gasteiger partial charge is 0.337 e. The minimum Gasteiger partial charge on any atom is -0.479 e. The Balaban J connectivity index is 1.79. The van der Waals surface area contributed by atoms with E-state index in [9.17, 15) is 9.90 Å². The lowest BCUT2D eigenvalue weighted by Gasteiger charge is -2.28. The number of carbonyl (C=O) groups is 1. The van der Waals surface area contributed by atoms with E-state index < -0.39 is 20.5 Å². The van der Waals surface area contributed by atoms with Crippen LogP contribution in [0.1, 0.15) is 37.4 Å². The van der Waals surface area contributed by atoms with Crippen molar-refractivity contribution < 1.29 is 14.4 Å². The van der Waals surface area contributed by atoms with Gasteiger partial charge in [-0.15, -0.1) is 0 Å². The molecule has 1 aromatic rings. The second-order valence-electron chi connectivity index (χ2n) is 6.05. The van der Waals surface area contributed by atoms with Gasteiger partial charge in [0.15, 0.2) is 14.6 Å². The van der Waals surface area contributed by atoms with Crippen molar-refractivity contribution >= 4 is 14.4 Å². The van der Waals surface area contributed by atoms with Gasteiger partial charge in [0.1, 0.15) is 0 Å². The molecule has 0 bridgehead atoms. The maximum atomic E-state index is 11.7. The molecule has 3 atom stereocenters. The molecule has 3 rings (SSSR count). The Morgan fingerprint density at radius 1 is 1.18 bits per heavy atom. The van der Waals surface area contributed by atoms with Gasteiger partial charge < -0.3 is 9.63 Å². The summed E-state index contributed by atoms with van der Waals surface area (Å²) in [5, 5.41) is 9.57. The van der Waals surface area contributed by atoms with Crippen molar-refractivity contribution in [3.8, 4) is 0 Å². The molecule has 0 radical (unpaired) electrons. The van der Waals surface area contributed by atoms with Gasteiger partial charge in [-0.05, 0) is 32.5 Å². The maximum Gasteiger partial charge on any atom is 0.337 e. The summed E-state index contributed by atoms with van der Waals surface area (Å²) in [4.78, 5) is 11.7. The lowest BCUT2D eigenvalue weighted by atomic mass is 9.91. The monoisotopic (exact) mass is 322 g/mol. The number of carboxylic acid groups (broad SMARTS) is 1. The Morgan fingerprint density at radius 3 is 2.23 bits per heavy atom. The third kappa shape index (κ3) is 2.91. The second kappa shape index (κ2) is 6.63. The lowest BCUT2D eigenvalue weighted by molar-refractivity contribution is -0.145. The number of rotatable bonds is 4. The first-order valence-corrected chi connectivity index (χ1v) is 8.96. The average Bonchev–Trinajstić information content (AvgIpc) is 2.78. The number of hydrogen-bond acceptors (Lipinski definition) is 4. The molecule has 0 amide bonds. The Kier molecular flexibility index (Phi) is 4.79. The summed E-state index contributed by atoms with van der Waals surface area (Å²) in [5.74, 6) is -0.926. The van der Waals surface area contributed by atoms with Crippen molar-refractivity contribution in [1.29, 1.82) is 0 Å². The minimum atomic E-state index is -1.03. The first-order chi connectivity index (χ1) is 10.6. The molecule has 22 heavy (non-hydrogen) atoms. The second-order valence-corrected chi connectivity index (χ2v) is 8.03. The third-order valence-corrected chi connectivity index (χ3v) is 6.79. The normalized spacial score (nSPS) is 28.5. The highest BCUT2D eigenvalue weighted by Crippen LogP contribution is 2.57. The van der Waals surface area contributed by atoms with Crippen molar-refractivity contribution in [2.24, 2.45) is 0 Å². The molecule has 1 aliphatic carbocycles. The van der Waals surface area contributed by atoms with Gasteiger partial charge in [0.2, 0.25) is 0 Å². The Hall–Kier alpha value is -1.00. The Labute approximate surface area is 132 Å². The van der Waals surface area contributed by atoms with Crippen LogP contribution in [-0.2, 0) is 9.32 Å². The molecule has 0 aromatic heterocycles. The number of fused-ring (bicyclic) bond motifs is 1. The van der Waals surface area contributed by atoms with Crippen LogP contribution in [0.2, 0.25) is 0 Å². The van der Waals surface area contributed by atoms with Crippen LogP contribution in [0.15, 0.2) is 30.3 Å². The summed E-state index contributed by atoms with van der Waals surface area (Å²) >= 11 is 0. The highest BCUT2D eigenvalue weighted by atomic mass is 31.2. The van der Waals surface area contributed by atoms with Crippen LogP contribution in [0, 0.1) is 0 Å². The predicted molar refractivity (Wildman–Crippen MR) is 86.4 cm³/mol. The van der Waals surface area contributed by atoms with Crippen LogP contribution in [-0.4, -0.2) is 46.6 Å². The average molecular weight is 322 g/mol. The van der Waals surface area contributed by atoms with Crippen molar-refractivity contribution in [3.63, 3.8) is 0 Å². The van der Waals surface area contributed by atoms with Crippen LogP contribution in [0.3, 0.4) is 0 Å². The first kappa shape index (κ1) is 15.9. The molecule has 1 saturated heterocycles. The van der Waals surface area contributed by atoms with Gasteiger partial charge in [-0.25, -0.2) is 14.1 Å². The summed E-state index contributed by atoms with van der Waals surface area (Å²) in [5.41, 5.74) is 0.703. The van der Waals surface area contributed by atoms with Crippen LogP contribution in [0.25, 0.3) is 0 Å². The fourth-order valence-electron chi connectivity index (χ4n) is 3.56. The van der Waals surface area contributed by atoms with Gasteiger partial charge in [0, 0.05) is 12.1 Å². The minimum absolute atomic E-state index is 0.495. The van der Waals surface area contributed by atoms with Crippen LogP contribution in [0.4, 0.5) is 0 Å². The van der Waals surface area contributed by atoms with Gasteiger partial charge in [-0.3, -0.25) is 0 Å². The van der Waals surface area contributed by atoms with Crippen LogP contribution >= 0.6 is 8.45 Å². The molecule has 1 saturated carbocycles. The summed E-state index contributed by atoms with van der Waals surface area (Å²) < 4.78 is 10.6. The molecular formula is C16H23N2O3P. The van der Waals surface area contributed by atoms with E-state index in [0.29, 0.717) is 17.6 Å². The molecule has 6 heteroatoms. The van der Waals surface area contributed by atoms with E-state index >= 15 is 0 Å². The quantitative estimate of drug-likeness (QED) is 0.863. The van der Waals surface area contributed by atoms with Crippen molar-refractivity contribution in [3.05, 3.63) is 35.9 Å². The van der Waals surface area contributed by atoms with Gasteiger partial charge >= 0.3 is 5.97 Å². The molecule has 0 unspecified atom stereocenters. The van der Waals surface area contributed by atoms with E-state index in [1.165, 1.54) is 25.7 Å². The van der Waals surface area contributed by atoms with Gasteiger partial charge in [-0.2, -0.15) is 0 Å². The molecule has 1 aliphatic heterocycles.